The van der Waals surface area contributed by atoms with Crippen LogP contribution in [0.15, 0.2) is 0 Å². The molecule has 0 aliphatic heterocycles. The zero-order valence-electron chi connectivity index (χ0n) is 12.0. The number of nitrogens with one attached hydrogen (secondary N) is 1. The summed E-state index contributed by atoms with van der Waals surface area (Å²) in [6.45, 7) is 11.7. The number of sulfone groups is 1. The maximum Gasteiger partial charge on any atom is 0.155 e. The number of hydrogen-bond donors (Lipinski definition) is 1. The molecule has 0 aromatic carbocycles. The minimum absolute atomic E-state index is 0.314. The Bertz CT molecular complexity index is 291. The van der Waals surface area contributed by atoms with Crippen LogP contribution in [0.3, 0.4) is 0 Å². The molecule has 17 heavy (non-hydrogen) atoms. The highest BCUT2D eigenvalue weighted by molar-refractivity contribution is 7.92. The van der Waals surface area contributed by atoms with Gasteiger partial charge in [0, 0.05) is 0 Å². The molecular formula is C13H29NO2S. The van der Waals surface area contributed by atoms with E-state index in [-0.39, 0.29) is 0 Å². The van der Waals surface area contributed by atoms with Gasteiger partial charge in [-0.05, 0) is 59.0 Å². The molecule has 0 bridgehead atoms. The third-order valence-electron chi connectivity index (χ3n) is 2.96. The first-order chi connectivity index (χ1) is 7.70. The Morgan fingerprint density at radius 1 is 1.24 bits per heavy atom. The molecule has 0 aliphatic carbocycles. The van der Waals surface area contributed by atoms with Gasteiger partial charge in [-0.15, -0.1) is 0 Å². The van der Waals surface area contributed by atoms with Crippen molar-refractivity contribution >= 4 is 9.84 Å². The van der Waals surface area contributed by atoms with Crippen LogP contribution in [0.25, 0.3) is 0 Å². The van der Waals surface area contributed by atoms with Crippen LogP contribution in [0.4, 0.5) is 0 Å². The molecule has 0 saturated carbocycles. The predicted molar refractivity (Wildman–Crippen MR) is 75.1 cm³/mol. The number of rotatable bonds is 8. The van der Waals surface area contributed by atoms with Crippen LogP contribution in [0.1, 0.15) is 53.9 Å². The van der Waals surface area contributed by atoms with Gasteiger partial charge in [-0.2, -0.15) is 0 Å². The molecule has 0 radical (unpaired) electrons. The Hall–Kier alpha value is -0.0900. The van der Waals surface area contributed by atoms with Crippen molar-refractivity contribution in [2.45, 2.75) is 58.6 Å². The fraction of sp³-hybridized carbons (Fsp3) is 1.00. The van der Waals surface area contributed by atoms with Crippen LogP contribution in [0, 0.1) is 5.92 Å². The Labute approximate surface area is 107 Å². The molecule has 0 fully saturated rings. The third-order valence-corrected chi connectivity index (χ3v) is 5.65. The predicted octanol–water partition coefficient (Wildman–Crippen LogP) is 2.62. The van der Waals surface area contributed by atoms with Crippen LogP contribution in [-0.4, -0.2) is 32.0 Å². The summed E-state index contributed by atoms with van der Waals surface area (Å²) < 4.78 is 23.1. The highest BCUT2D eigenvalue weighted by atomic mass is 32.2. The van der Waals surface area contributed by atoms with Gasteiger partial charge in [0.05, 0.1) is 10.5 Å². The molecule has 1 N–H and O–H groups in total. The van der Waals surface area contributed by atoms with Crippen molar-refractivity contribution in [2.75, 3.05) is 18.8 Å². The maximum atomic E-state index is 11.9. The van der Waals surface area contributed by atoms with Gasteiger partial charge in [0.1, 0.15) is 0 Å². The average Bonchev–Trinajstić information content (AvgIpc) is 2.16. The lowest BCUT2D eigenvalue weighted by atomic mass is 10.1. The van der Waals surface area contributed by atoms with Crippen LogP contribution in [-0.2, 0) is 9.84 Å². The fourth-order valence-electron chi connectivity index (χ4n) is 1.56. The molecule has 0 amide bonds. The van der Waals surface area contributed by atoms with Gasteiger partial charge in [-0.25, -0.2) is 8.42 Å². The second-order valence-corrected chi connectivity index (χ2v) is 8.75. The quantitative estimate of drug-likeness (QED) is 0.685. The van der Waals surface area contributed by atoms with Crippen molar-refractivity contribution in [3.05, 3.63) is 0 Å². The van der Waals surface area contributed by atoms with E-state index in [1.165, 1.54) is 0 Å². The molecule has 0 spiro atoms. The SMILES string of the molecule is CCCNCC(C)CCCS(=O)(=O)C(C)(C)C. The van der Waals surface area contributed by atoms with Crippen molar-refractivity contribution in [2.24, 2.45) is 5.92 Å². The van der Waals surface area contributed by atoms with Gasteiger partial charge >= 0.3 is 0 Å². The molecule has 0 aromatic heterocycles. The molecule has 0 rings (SSSR count). The molecule has 0 saturated heterocycles. The molecule has 0 aliphatic rings. The maximum absolute atomic E-state index is 11.9. The Morgan fingerprint density at radius 2 is 1.82 bits per heavy atom. The first-order valence-electron chi connectivity index (χ1n) is 6.63. The highest BCUT2D eigenvalue weighted by Gasteiger charge is 2.28. The van der Waals surface area contributed by atoms with Gasteiger partial charge in [0.15, 0.2) is 9.84 Å². The minimum atomic E-state index is -2.94. The zero-order valence-corrected chi connectivity index (χ0v) is 12.9. The fourth-order valence-corrected chi connectivity index (χ4v) is 2.71. The molecular weight excluding hydrogens is 234 g/mol. The molecule has 4 heteroatoms. The lowest BCUT2D eigenvalue weighted by molar-refractivity contribution is 0.473. The topological polar surface area (TPSA) is 46.2 Å². The molecule has 0 heterocycles. The Kier molecular flexibility index (Phi) is 7.33. The van der Waals surface area contributed by atoms with Gasteiger partial charge in [0.2, 0.25) is 0 Å². The Morgan fingerprint density at radius 3 is 2.29 bits per heavy atom. The van der Waals surface area contributed by atoms with Crippen LogP contribution >= 0.6 is 0 Å². The lowest BCUT2D eigenvalue weighted by Gasteiger charge is -2.19. The molecule has 3 nitrogen and oxygen atoms in total. The van der Waals surface area contributed by atoms with E-state index < -0.39 is 14.6 Å². The smallest absolute Gasteiger partial charge is 0.155 e. The Balaban J connectivity index is 3.84. The largest absolute Gasteiger partial charge is 0.316 e. The van der Waals surface area contributed by atoms with E-state index in [1.54, 1.807) is 20.8 Å². The minimum Gasteiger partial charge on any atom is -0.316 e. The van der Waals surface area contributed by atoms with Gasteiger partial charge in [0.25, 0.3) is 0 Å². The van der Waals surface area contributed by atoms with E-state index in [4.69, 9.17) is 0 Å². The molecule has 0 aromatic rings. The van der Waals surface area contributed by atoms with Crippen molar-refractivity contribution in [3.8, 4) is 0 Å². The average molecular weight is 263 g/mol. The molecule has 1 atom stereocenters. The second-order valence-electron chi connectivity index (χ2n) is 5.88. The van der Waals surface area contributed by atoms with E-state index in [9.17, 15) is 8.42 Å². The number of hydrogen-bond acceptors (Lipinski definition) is 3. The van der Waals surface area contributed by atoms with Crippen molar-refractivity contribution in [1.29, 1.82) is 0 Å². The first-order valence-corrected chi connectivity index (χ1v) is 8.29. The summed E-state index contributed by atoms with van der Waals surface area (Å²) in [5.74, 6) is 0.867. The van der Waals surface area contributed by atoms with Crippen molar-refractivity contribution < 1.29 is 8.42 Å². The lowest BCUT2D eigenvalue weighted by Crippen LogP contribution is -2.30. The van der Waals surface area contributed by atoms with Crippen molar-refractivity contribution in [3.63, 3.8) is 0 Å². The molecule has 104 valence electrons. The third kappa shape index (κ3) is 7.04. The van der Waals surface area contributed by atoms with Gasteiger partial charge in [-0.3, -0.25) is 0 Å². The van der Waals surface area contributed by atoms with E-state index in [0.717, 1.165) is 32.4 Å². The summed E-state index contributed by atoms with van der Waals surface area (Å²) in [5, 5.41) is 3.36. The van der Waals surface area contributed by atoms with E-state index >= 15 is 0 Å². The van der Waals surface area contributed by atoms with E-state index in [2.05, 4.69) is 19.2 Å². The second kappa shape index (κ2) is 7.37. The summed E-state index contributed by atoms with van der Waals surface area (Å²) in [6, 6.07) is 0. The van der Waals surface area contributed by atoms with Crippen LogP contribution in [0.5, 0.6) is 0 Å². The summed E-state index contributed by atoms with van der Waals surface area (Å²) in [6.07, 6.45) is 2.89. The van der Waals surface area contributed by atoms with Crippen LogP contribution in [0.2, 0.25) is 0 Å². The van der Waals surface area contributed by atoms with Crippen molar-refractivity contribution in [1.82, 2.24) is 5.32 Å². The van der Waals surface area contributed by atoms with Gasteiger partial charge < -0.3 is 5.32 Å². The van der Waals surface area contributed by atoms with Gasteiger partial charge in [-0.1, -0.05) is 13.8 Å². The first kappa shape index (κ1) is 16.9. The van der Waals surface area contributed by atoms with Crippen LogP contribution < -0.4 is 5.32 Å². The highest BCUT2D eigenvalue weighted by Crippen LogP contribution is 2.18. The summed E-state index contributed by atoms with van der Waals surface area (Å²) >= 11 is 0. The normalized spacial score (nSPS) is 14.9. The van der Waals surface area contributed by atoms with E-state index in [0.29, 0.717) is 11.7 Å². The summed E-state index contributed by atoms with van der Waals surface area (Å²) in [7, 11) is -2.94. The molecule has 1 unspecified atom stereocenters. The van der Waals surface area contributed by atoms with E-state index in [1.807, 2.05) is 0 Å². The standard InChI is InChI=1S/C13H29NO2S/c1-6-9-14-11-12(2)8-7-10-17(15,16)13(3,4)5/h12,14H,6-11H2,1-5H3. The summed E-state index contributed by atoms with van der Waals surface area (Å²) in [5.41, 5.74) is 0. The monoisotopic (exact) mass is 263 g/mol. The summed E-state index contributed by atoms with van der Waals surface area (Å²) in [4.78, 5) is 0. The zero-order chi connectivity index (χ0) is 13.5.